The topological polar surface area (TPSA) is 18.5 Å². The third kappa shape index (κ3) is 5.52. The van der Waals surface area contributed by atoms with Crippen LogP contribution < -0.4 is 0 Å². The summed E-state index contributed by atoms with van der Waals surface area (Å²) in [6.07, 6.45) is 0. The second-order valence-electron chi connectivity index (χ2n) is 0.695. The predicted molar refractivity (Wildman–Crippen MR) is 26.6 cm³/mol. The molecule has 0 aliphatic carbocycles. The van der Waals surface area contributed by atoms with E-state index in [1.807, 2.05) is 0 Å². The van der Waals surface area contributed by atoms with Crippen molar-refractivity contribution in [2.45, 2.75) is 0 Å². The van der Waals surface area contributed by atoms with Gasteiger partial charge in [-0.3, -0.25) is 0 Å². The second-order valence-corrected chi connectivity index (χ2v) is 15.7. The van der Waals surface area contributed by atoms with Crippen molar-refractivity contribution < 1.29 is 4.49 Å². The molecule has 0 bridgehead atoms. The van der Waals surface area contributed by atoms with Crippen LogP contribution >= 0.6 is 0 Å². The molecular formula is CH8O2Sn2. The van der Waals surface area contributed by atoms with Gasteiger partial charge in [0.05, 0.1) is 0 Å². The zero-order valence-corrected chi connectivity index (χ0v) is 13.3. The number of hydrogen-bond acceptors (Lipinski definition) is 2. The van der Waals surface area contributed by atoms with Crippen LogP contribution in [0, 0.1) is 0 Å². The van der Waals surface area contributed by atoms with Gasteiger partial charge in [0, 0.05) is 0 Å². The molecule has 0 unspecified atom stereocenters. The van der Waals surface area contributed by atoms with E-state index in [9.17, 15) is 0 Å². The minimum absolute atomic E-state index is 0.451. The molecule has 0 saturated carbocycles. The summed E-state index contributed by atoms with van der Waals surface area (Å²) in [6.45, 7) is 0. The molecular weight excluding hydrogens is 281 g/mol. The summed E-state index contributed by atoms with van der Waals surface area (Å²) in [7, 11) is 1.71. The molecule has 0 fully saturated rings. The van der Waals surface area contributed by atoms with Gasteiger partial charge in [0.1, 0.15) is 0 Å². The van der Waals surface area contributed by atoms with E-state index in [0.717, 1.165) is 0 Å². The van der Waals surface area contributed by atoms with Gasteiger partial charge in [0.25, 0.3) is 0 Å². The molecule has 5 heavy (non-hydrogen) atoms. The van der Waals surface area contributed by atoms with Gasteiger partial charge in [-0.05, 0) is 0 Å². The Morgan fingerprint density at radius 1 is 1.80 bits per heavy atom. The van der Waals surface area contributed by atoms with Gasteiger partial charge >= 0.3 is 56.5 Å². The van der Waals surface area contributed by atoms with E-state index >= 15 is 0 Å². The molecule has 4 heteroatoms. The summed E-state index contributed by atoms with van der Waals surface area (Å²) in [4.78, 5) is 0. The van der Waals surface area contributed by atoms with E-state index < -0.39 is 22.0 Å². The van der Waals surface area contributed by atoms with Crippen LogP contribution in [0.1, 0.15) is 0 Å². The van der Waals surface area contributed by atoms with Gasteiger partial charge in [-0.1, -0.05) is 0 Å². The summed E-state index contributed by atoms with van der Waals surface area (Å²) >= 11 is -0.514. The molecule has 0 aromatic rings. The van der Waals surface area contributed by atoms with Gasteiger partial charge < -0.3 is 0 Å². The molecule has 0 amide bonds. The Morgan fingerprint density at radius 3 is 2.40 bits per heavy atom. The summed E-state index contributed by atoms with van der Waals surface area (Å²) in [5, 5.41) is 0. The van der Waals surface area contributed by atoms with Gasteiger partial charge in [-0.25, -0.2) is 0 Å². The summed E-state index contributed by atoms with van der Waals surface area (Å²) in [5.74, 6) is 0. The van der Waals surface area contributed by atoms with Crippen molar-refractivity contribution in [2.24, 2.45) is 0 Å². The van der Waals surface area contributed by atoms with Gasteiger partial charge in [-0.2, -0.15) is 0 Å². The molecule has 32 valence electrons. The third-order valence-electron chi connectivity index (χ3n) is 0.236. The first-order chi connectivity index (χ1) is 2.41. The van der Waals surface area contributed by atoms with Crippen LogP contribution in [0.15, 0.2) is 0 Å². The van der Waals surface area contributed by atoms with Crippen molar-refractivity contribution >= 4 is 44.9 Å². The van der Waals surface area contributed by atoms with E-state index in [-0.39, 0.29) is 0 Å². The van der Waals surface area contributed by atoms with Gasteiger partial charge in [0.15, 0.2) is 0 Å². The van der Waals surface area contributed by atoms with Crippen LogP contribution in [0.3, 0.4) is 0 Å². The van der Waals surface area contributed by atoms with Crippen LogP contribution in [-0.4, -0.2) is 52.0 Å². The quantitative estimate of drug-likeness (QED) is 0.544. The molecule has 0 aromatic heterocycles. The van der Waals surface area contributed by atoms with Gasteiger partial charge in [-0.15, -0.1) is 0 Å². The zero-order valence-electron chi connectivity index (χ0n) is 3.52. The van der Waals surface area contributed by atoms with Crippen molar-refractivity contribution in [3.63, 3.8) is 0 Å². The summed E-state index contributed by atoms with van der Waals surface area (Å²) < 4.78 is 9.62. The fourth-order valence-corrected chi connectivity index (χ4v) is 5.30. The molecule has 0 saturated heterocycles. The normalized spacial score (nSPS) is 11.4. The van der Waals surface area contributed by atoms with Crippen LogP contribution in [0.25, 0.3) is 0 Å². The Morgan fingerprint density at radius 2 is 2.40 bits per heavy atom. The van der Waals surface area contributed by atoms with Gasteiger partial charge in [0.2, 0.25) is 0 Å². The SMILES string of the molecule is C[O][SnH2][O][SnH3]. The molecule has 0 aromatic carbocycles. The molecule has 0 N–H and O–H groups in total. The molecule has 0 spiro atoms. The number of rotatable bonds is 2. The van der Waals surface area contributed by atoms with E-state index in [0.29, 0.717) is 22.9 Å². The molecule has 0 radical (unpaired) electrons. The Labute approximate surface area is 56.2 Å². The maximum atomic E-state index is 4.89. The molecule has 0 heterocycles. The van der Waals surface area contributed by atoms with E-state index in [1.165, 1.54) is 0 Å². The third-order valence-corrected chi connectivity index (χ3v) is 6.09. The van der Waals surface area contributed by atoms with Crippen LogP contribution in [0.2, 0.25) is 0 Å². The van der Waals surface area contributed by atoms with Crippen molar-refractivity contribution in [3.05, 3.63) is 0 Å². The minimum atomic E-state index is -0.964. The predicted octanol–water partition coefficient (Wildman–Crippen LogP) is -2.07. The van der Waals surface area contributed by atoms with E-state index in [1.54, 1.807) is 7.11 Å². The average Bonchev–Trinajstić information content (AvgIpc) is 1.41. The fourth-order valence-electron chi connectivity index (χ4n) is 0.118. The van der Waals surface area contributed by atoms with Crippen molar-refractivity contribution in [2.75, 3.05) is 7.11 Å². The number of hydrogen-bond donors (Lipinski definition) is 0. The standard InChI is InChI=1S/CH3O.O.2Sn.5H/c1-2;;;;;;;;/h1H3;;;;;;;;/q-1;;;+1;;;;;. The van der Waals surface area contributed by atoms with E-state index in [2.05, 4.69) is 0 Å². The monoisotopic (exact) mass is 292 g/mol. The van der Waals surface area contributed by atoms with E-state index in [4.69, 9.17) is 4.49 Å². The molecule has 0 rings (SSSR count). The molecule has 0 atom stereocenters. The summed E-state index contributed by atoms with van der Waals surface area (Å²) in [5.41, 5.74) is 0. The van der Waals surface area contributed by atoms with Crippen molar-refractivity contribution in [3.8, 4) is 0 Å². The van der Waals surface area contributed by atoms with Crippen molar-refractivity contribution in [1.29, 1.82) is 0 Å². The first-order valence-corrected chi connectivity index (χ1v) is 7.02. The fraction of sp³-hybridized carbons (Fsp3) is 1.00. The molecule has 2 nitrogen and oxygen atoms in total. The van der Waals surface area contributed by atoms with Crippen LogP contribution in [-0.2, 0) is 4.49 Å². The molecule has 0 aliphatic heterocycles. The molecule has 0 aliphatic rings. The maximum absolute atomic E-state index is 4.89. The van der Waals surface area contributed by atoms with Crippen LogP contribution in [0.4, 0.5) is 0 Å². The first-order valence-electron chi connectivity index (χ1n) is 1.39. The van der Waals surface area contributed by atoms with Crippen molar-refractivity contribution in [1.82, 2.24) is 0 Å². The zero-order chi connectivity index (χ0) is 4.12. The average molecular weight is 289 g/mol. The Bertz CT molecular complexity index is 15.1. The summed E-state index contributed by atoms with van der Waals surface area (Å²) in [6, 6.07) is 0. The Balaban J connectivity index is 2.19. The second kappa shape index (κ2) is 5.52. The Kier molecular flexibility index (Phi) is 7.19. The van der Waals surface area contributed by atoms with Crippen LogP contribution in [0.5, 0.6) is 0 Å². The first kappa shape index (κ1) is 6.52. The Hall–Kier alpha value is 1.52.